The zero-order valence-corrected chi connectivity index (χ0v) is 9.89. The van der Waals surface area contributed by atoms with E-state index in [1.807, 2.05) is 18.2 Å². The van der Waals surface area contributed by atoms with Crippen LogP contribution in [-0.4, -0.2) is 0 Å². The van der Waals surface area contributed by atoms with Crippen LogP contribution in [0.5, 0.6) is 0 Å². The van der Waals surface area contributed by atoms with Gasteiger partial charge in [0.25, 0.3) is 0 Å². The smallest absolute Gasteiger partial charge is 0.0214 e. The van der Waals surface area contributed by atoms with Gasteiger partial charge in [0.1, 0.15) is 0 Å². The molecule has 1 nitrogen and oxygen atoms in total. The molecule has 0 saturated heterocycles. The second-order valence-electron chi connectivity index (χ2n) is 3.99. The topological polar surface area (TPSA) is 12.0 Å². The Labute approximate surface area is 103 Å². The van der Waals surface area contributed by atoms with Crippen molar-refractivity contribution in [3.8, 4) is 0 Å². The molecular weight excluding hydrogens is 206 g/mol. The minimum atomic E-state index is 0.872. The van der Waals surface area contributed by atoms with Crippen LogP contribution in [0, 0.1) is 0 Å². The third-order valence-electron chi connectivity index (χ3n) is 2.76. The van der Waals surface area contributed by atoms with Gasteiger partial charge in [-0.25, -0.2) is 0 Å². The Bertz CT molecular complexity index is 474. The minimum Gasteiger partial charge on any atom is -0.309 e. The summed E-state index contributed by atoms with van der Waals surface area (Å²) >= 11 is 0. The second kappa shape index (κ2) is 6.02. The lowest BCUT2D eigenvalue weighted by Gasteiger charge is -2.07. The van der Waals surface area contributed by atoms with E-state index < -0.39 is 0 Å². The number of hydrogen-bond acceptors (Lipinski definition) is 1. The highest BCUT2D eigenvalue weighted by Gasteiger charge is 1.97. The van der Waals surface area contributed by atoms with E-state index in [0.29, 0.717) is 0 Å². The summed E-state index contributed by atoms with van der Waals surface area (Å²) in [5, 5.41) is 3.44. The highest BCUT2D eigenvalue weighted by atomic mass is 14.8. The Morgan fingerprint density at radius 3 is 2.35 bits per heavy atom. The summed E-state index contributed by atoms with van der Waals surface area (Å²) in [6.07, 6.45) is 1.90. The summed E-state index contributed by atoms with van der Waals surface area (Å²) in [5.41, 5.74) is 3.80. The van der Waals surface area contributed by atoms with Crippen molar-refractivity contribution in [3.05, 3.63) is 77.9 Å². The molecular formula is C16H17N. The average Bonchev–Trinajstić information content (AvgIpc) is 2.40. The van der Waals surface area contributed by atoms with Crippen molar-refractivity contribution in [1.82, 2.24) is 5.32 Å². The van der Waals surface area contributed by atoms with Crippen LogP contribution in [0.3, 0.4) is 0 Å². The van der Waals surface area contributed by atoms with E-state index in [1.165, 1.54) is 16.7 Å². The first-order valence-corrected chi connectivity index (χ1v) is 5.85. The van der Waals surface area contributed by atoms with Crippen molar-refractivity contribution in [2.75, 3.05) is 0 Å². The molecule has 0 radical (unpaired) electrons. The molecule has 1 heteroatoms. The molecule has 0 aliphatic heterocycles. The molecule has 0 aromatic heterocycles. The predicted octanol–water partition coefficient (Wildman–Crippen LogP) is 3.62. The third kappa shape index (κ3) is 3.30. The van der Waals surface area contributed by atoms with Gasteiger partial charge in [-0.05, 0) is 16.7 Å². The maximum atomic E-state index is 3.83. The summed E-state index contributed by atoms with van der Waals surface area (Å²) in [6.45, 7) is 5.60. The SMILES string of the molecule is C=Cc1ccccc1CNCc1ccccc1. The van der Waals surface area contributed by atoms with Crippen molar-refractivity contribution in [1.29, 1.82) is 0 Å². The van der Waals surface area contributed by atoms with Gasteiger partial charge in [0, 0.05) is 13.1 Å². The molecule has 0 aliphatic carbocycles. The standard InChI is InChI=1S/C16H17N/c1-2-15-10-6-7-11-16(15)13-17-12-14-8-4-3-5-9-14/h2-11,17H,1,12-13H2. The Morgan fingerprint density at radius 1 is 0.882 bits per heavy atom. The van der Waals surface area contributed by atoms with E-state index in [2.05, 4.69) is 54.4 Å². The number of benzene rings is 2. The quantitative estimate of drug-likeness (QED) is 0.816. The lowest BCUT2D eigenvalue weighted by atomic mass is 10.1. The van der Waals surface area contributed by atoms with E-state index in [9.17, 15) is 0 Å². The third-order valence-corrected chi connectivity index (χ3v) is 2.76. The van der Waals surface area contributed by atoms with Gasteiger partial charge < -0.3 is 5.32 Å². The Kier molecular flexibility index (Phi) is 4.11. The molecule has 0 spiro atoms. The van der Waals surface area contributed by atoms with Crippen molar-refractivity contribution in [3.63, 3.8) is 0 Å². The number of nitrogens with one attached hydrogen (secondary N) is 1. The van der Waals surface area contributed by atoms with Crippen LogP contribution in [0.25, 0.3) is 6.08 Å². The largest absolute Gasteiger partial charge is 0.309 e. The van der Waals surface area contributed by atoms with E-state index in [0.717, 1.165) is 13.1 Å². The van der Waals surface area contributed by atoms with Gasteiger partial charge in [-0.3, -0.25) is 0 Å². The van der Waals surface area contributed by atoms with Crippen molar-refractivity contribution >= 4 is 6.08 Å². The first-order chi connectivity index (χ1) is 8.40. The first-order valence-electron chi connectivity index (χ1n) is 5.85. The molecule has 17 heavy (non-hydrogen) atoms. The predicted molar refractivity (Wildman–Crippen MR) is 73.5 cm³/mol. The number of hydrogen-bond donors (Lipinski definition) is 1. The van der Waals surface area contributed by atoms with E-state index in [4.69, 9.17) is 0 Å². The fourth-order valence-electron chi connectivity index (χ4n) is 1.83. The van der Waals surface area contributed by atoms with Crippen LogP contribution in [0.2, 0.25) is 0 Å². The number of rotatable bonds is 5. The molecule has 0 fully saturated rings. The lowest BCUT2D eigenvalue weighted by Crippen LogP contribution is -2.13. The normalized spacial score (nSPS) is 10.1. The summed E-state index contributed by atoms with van der Waals surface area (Å²) < 4.78 is 0. The van der Waals surface area contributed by atoms with E-state index >= 15 is 0 Å². The molecule has 0 atom stereocenters. The molecule has 0 aliphatic rings. The van der Waals surface area contributed by atoms with Crippen LogP contribution in [0.1, 0.15) is 16.7 Å². The molecule has 2 rings (SSSR count). The molecule has 2 aromatic carbocycles. The van der Waals surface area contributed by atoms with Gasteiger partial charge >= 0.3 is 0 Å². The molecule has 2 aromatic rings. The average molecular weight is 223 g/mol. The second-order valence-corrected chi connectivity index (χ2v) is 3.99. The highest BCUT2D eigenvalue weighted by molar-refractivity contribution is 5.51. The van der Waals surface area contributed by atoms with E-state index in [1.54, 1.807) is 0 Å². The van der Waals surface area contributed by atoms with Crippen molar-refractivity contribution < 1.29 is 0 Å². The molecule has 0 heterocycles. The van der Waals surface area contributed by atoms with Gasteiger partial charge in [-0.15, -0.1) is 0 Å². The first kappa shape index (κ1) is 11.6. The molecule has 1 N–H and O–H groups in total. The maximum Gasteiger partial charge on any atom is 0.0214 e. The molecule has 86 valence electrons. The monoisotopic (exact) mass is 223 g/mol. The summed E-state index contributed by atoms with van der Waals surface area (Å²) in [7, 11) is 0. The zero-order chi connectivity index (χ0) is 11.9. The van der Waals surface area contributed by atoms with Crippen molar-refractivity contribution in [2.45, 2.75) is 13.1 Å². The fourth-order valence-corrected chi connectivity index (χ4v) is 1.83. The van der Waals surface area contributed by atoms with Crippen LogP contribution in [0.15, 0.2) is 61.2 Å². The van der Waals surface area contributed by atoms with Crippen LogP contribution in [0.4, 0.5) is 0 Å². The zero-order valence-electron chi connectivity index (χ0n) is 9.89. The summed E-state index contributed by atoms with van der Waals surface area (Å²) in [4.78, 5) is 0. The van der Waals surface area contributed by atoms with Crippen LogP contribution < -0.4 is 5.32 Å². The molecule has 0 saturated carbocycles. The van der Waals surface area contributed by atoms with Crippen LogP contribution in [-0.2, 0) is 13.1 Å². The highest BCUT2D eigenvalue weighted by Crippen LogP contribution is 2.09. The maximum absolute atomic E-state index is 3.83. The molecule has 0 amide bonds. The van der Waals surface area contributed by atoms with Crippen molar-refractivity contribution in [2.24, 2.45) is 0 Å². The summed E-state index contributed by atoms with van der Waals surface area (Å²) in [6, 6.07) is 18.8. The van der Waals surface area contributed by atoms with Crippen LogP contribution >= 0.6 is 0 Å². The van der Waals surface area contributed by atoms with E-state index in [-0.39, 0.29) is 0 Å². The van der Waals surface area contributed by atoms with Gasteiger partial charge in [-0.2, -0.15) is 0 Å². The minimum absolute atomic E-state index is 0.872. The Morgan fingerprint density at radius 2 is 1.59 bits per heavy atom. The Balaban J connectivity index is 1.92. The van der Waals surface area contributed by atoms with Gasteiger partial charge in [-0.1, -0.05) is 67.3 Å². The van der Waals surface area contributed by atoms with Gasteiger partial charge in [0.15, 0.2) is 0 Å². The van der Waals surface area contributed by atoms with Gasteiger partial charge in [0.2, 0.25) is 0 Å². The molecule has 0 bridgehead atoms. The Hall–Kier alpha value is -1.86. The lowest BCUT2D eigenvalue weighted by molar-refractivity contribution is 0.692. The fraction of sp³-hybridized carbons (Fsp3) is 0.125. The van der Waals surface area contributed by atoms with Gasteiger partial charge in [0.05, 0.1) is 0 Å². The molecule has 0 unspecified atom stereocenters. The summed E-state index contributed by atoms with van der Waals surface area (Å²) in [5.74, 6) is 0.